The lowest BCUT2D eigenvalue weighted by Gasteiger charge is -2.27. The smallest absolute Gasteiger partial charge is 0.256 e. The molecule has 180 valence electrons. The number of carbonyl (C=O) groups excluding carboxylic acids is 1. The van der Waals surface area contributed by atoms with Gasteiger partial charge in [-0.15, -0.1) is 0 Å². The first kappa shape index (κ1) is 23.8. The van der Waals surface area contributed by atoms with Crippen molar-refractivity contribution in [2.45, 2.75) is 64.1 Å². The summed E-state index contributed by atoms with van der Waals surface area (Å²) in [6, 6.07) is 12.2. The van der Waals surface area contributed by atoms with Gasteiger partial charge in [0.1, 0.15) is 11.4 Å². The molecule has 0 unspecified atom stereocenters. The van der Waals surface area contributed by atoms with Crippen molar-refractivity contribution in [2.24, 2.45) is 0 Å². The van der Waals surface area contributed by atoms with Gasteiger partial charge >= 0.3 is 0 Å². The average Bonchev–Trinajstić information content (AvgIpc) is 3.40. The van der Waals surface area contributed by atoms with Gasteiger partial charge in [0, 0.05) is 43.4 Å². The van der Waals surface area contributed by atoms with E-state index < -0.39 is 0 Å². The van der Waals surface area contributed by atoms with E-state index in [4.69, 9.17) is 0 Å². The number of amides is 1. The molecular weight excluding hydrogens is 428 g/mol. The minimum Gasteiger partial charge on any atom is -0.393 e. The first-order chi connectivity index (χ1) is 16.6. The van der Waals surface area contributed by atoms with E-state index in [1.807, 2.05) is 53.4 Å². The summed E-state index contributed by atoms with van der Waals surface area (Å²) in [7, 11) is 0. The second-order valence-electron chi connectivity index (χ2n) is 8.83. The molecule has 34 heavy (non-hydrogen) atoms. The van der Waals surface area contributed by atoms with Crippen molar-refractivity contribution < 1.29 is 9.90 Å². The summed E-state index contributed by atoms with van der Waals surface area (Å²) >= 11 is 0. The Hall–Kier alpha value is -3.39. The number of unbranched alkanes of at least 4 members (excludes halogenated alkanes) is 1. The van der Waals surface area contributed by atoms with E-state index >= 15 is 0 Å². The Morgan fingerprint density at radius 3 is 2.56 bits per heavy atom. The number of nitrogens with zero attached hydrogens (tertiary/aromatic N) is 3. The van der Waals surface area contributed by atoms with Crippen LogP contribution in [0.25, 0.3) is 5.69 Å². The molecule has 1 aromatic carbocycles. The Kier molecular flexibility index (Phi) is 8.14. The van der Waals surface area contributed by atoms with Crippen LogP contribution in [0.3, 0.4) is 0 Å². The monoisotopic (exact) mass is 462 g/mol. The van der Waals surface area contributed by atoms with Crippen LogP contribution < -0.4 is 16.0 Å². The van der Waals surface area contributed by atoms with Crippen molar-refractivity contribution in [3.8, 4) is 5.69 Å². The van der Waals surface area contributed by atoms with Crippen LogP contribution >= 0.6 is 0 Å². The zero-order valence-electron chi connectivity index (χ0n) is 19.7. The van der Waals surface area contributed by atoms with Crippen LogP contribution in [-0.4, -0.2) is 44.2 Å². The Balaban J connectivity index is 1.43. The highest BCUT2D eigenvalue weighted by Gasteiger charge is 2.22. The van der Waals surface area contributed by atoms with Gasteiger partial charge in [0.15, 0.2) is 0 Å². The van der Waals surface area contributed by atoms with E-state index in [-0.39, 0.29) is 18.1 Å². The van der Waals surface area contributed by atoms with Crippen LogP contribution in [-0.2, 0) is 6.54 Å². The number of hydrogen-bond donors (Lipinski definition) is 4. The van der Waals surface area contributed by atoms with Crippen LogP contribution in [0.5, 0.6) is 0 Å². The van der Waals surface area contributed by atoms with Crippen LogP contribution in [0.15, 0.2) is 55.0 Å². The van der Waals surface area contributed by atoms with Gasteiger partial charge in [0.2, 0.25) is 5.95 Å². The van der Waals surface area contributed by atoms with E-state index in [1.165, 1.54) is 0 Å². The topological polar surface area (TPSA) is 104 Å². The van der Waals surface area contributed by atoms with Crippen LogP contribution in [0, 0.1) is 0 Å². The Bertz CT molecular complexity index is 1040. The highest BCUT2D eigenvalue weighted by atomic mass is 16.3. The lowest BCUT2D eigenvalue weighted by Crippen LogP contribution is -2.31. The van der Waals surface area contributed by atoms with E-state index in [0.29, 0.717) is 23.9 Å². The van der Waals surface area contributed by atoms with Gasteiger partial charge in [0.05, 0.1) is 6.10 Å². The van der Waals surface area contributed by atoms with E-state index in [9.17, 15) is 9.90 Å². The normalized spacial score (nSPS) is 17.8. The van der Waals surface area contributed by atoms with E-state index in [2.05, 4.69) is 32.8 Å². The van der Waals surface area contributed by atoms with Gasteiger partial charge in [-0.1, -0.05) is 25.5 Å². The van der Waals surface area contributed by atoms with Crippen LogP contribution in [0.2, 0.25) is 0 Å². The molecule has 1 amide bonds. The summed E-state index contributed by atoms with van der Waals surface area (Å²) in [5, 5.41) is 19.5. The van der Waals surface area contributed by atoms with Crippen molar-refractivity contribution in [1.29, 1.82) is 0 Å². The number of rotatable bonds is 10. The predicted octanol–water partition coefficient (Wildman–Crippen LogP) is 4.12. The molecule has 0 atom stereocenters. The third kappa shape index (κ3) is 6.35. The number of aliphatic hydroxyl groups is 1. The Labute approximate surface area is 200 Å². The van der Waals surface area contributed by atoms with Gasteiger partial charge < -0.3 is 25.6 Å². The molecule has 2 aromatic heterocycles. The molecule has 0 bridgehead atoms. The van der Waals surface area contributed by atoms with E-state index in [1.54, 1.807) is 6.20 Å². The molecule has 2 heterocycles. The molecule has 4 N–H and O–H groups in total. The predicted molar refractivity (Wildman–Crippen MR) is 134 cm³/mol. The van der Waals surface area contributed by atoms with Crippen LogP contribution in [0.4, 0.5) is 11.8 Å². The largest absolute Gasteiger partial charge is 0.393 e. The van der Waals surface area contributed by atoms with Gasteiger partial charge in [-0.05, 0) is 61.9 Å². The fraction of sp³-hybridized carbons (Fsp3) is 0.423. The lowest BCUT2D eigenvalue weighted by molar-refractivity contribution is 0.0950. The van der Waals surface area contributed by atoms with Gasteiger partial charge in [-0.3, -0.25) is 4.79 Å². The number of anilines is 2. The van der Waals surface area contributed by atoms with Crippen molar-refractivity contribution >= 4 is 17.7 Å². The third-order valence-corrected chi connectivity index (χ3v) is 6.18. The van der Waals surface area contributed by atoms with Crippen LogP contribution in [0.1, 0.15) is 61.4 Å². The molecule has 1 saturated carbocycles. The molecule has 8 heteroatoms. The Morgan fingerprint density at radius 1 is 1.12 bits per heavy atom. The van der Waals surface area contributed by atoms with Crippen molar-refractivity contribution in [2.75, 3.05) is 17.2 Å². The van der Waals surface area contributed by atoms with Gasteiger partial charge in [0.25, 0.3) is 5.91 Å². The lowest BCUT2D eigenvalue weighted by atomic mass is 9.93. The summed E-state index contributed by atoms with van der Waals surface area (Å²) in [4.78, 5) is 22.0. The number of hydrogen-bond acceptors (Lipinski definition) is 6. The average molecular weight is 463 g/mol. The molecule has 0 aliphatic heterocycles. The first-order valence-electron chi connectivity index (χ1n) is 12.2. The minimum absolute atomic E-state index is 0.176. The molecule has 3 aromatic rings. The minimum atomic E-state index is -0.235. The maximum atomic E-state index is 13.1. The maximum Gasteiger partial charge on any atom is 0.256 e. The molecule has 1 aliphatic rings. The quantitative estimate of drug-likeness (QED) is 0.338. The highest BCUT2D eigenvalue weighted by molar-refractivity contribution is 5.98. The van der Waals surface area contributed by atoms with Crippen molar-refractivity contribution in [3.63, 3.8) is 0 Å². The van der Waals surface area contributed by atoms with Crippen molar-refractivity contribution in [1.82, 2.24) is 19.9 Å². The summed E-state index contributed by atoms with van der Waals surface area (Å²) in [5.74, 6) is 0.840. The zero-order valence-corrected chi connectivity index (χ0v) is 19.7. The van der Waals surface area contributed by atoms with Gasteiger partial charge in [-0.2, -0.15) is 4.98 Å². The second-order valence-corrected chi connectivity index (χ2v) is 8.83. The number of benzene rings is 1. The summed E-state index contributed by atoms with van der Waals surface area (Å²) < 4.78 is 2.04. The van der Waals surface area contributed by atoms with Gasteiger partial charge in [-0.25, -0.2) is 4.98 Å². The number of aromatic nitrogens is 3. The van der Waals surface area contributed by atoms with Crippen molar-refractivity contribution in [3.05, 3.63) is 66.1 Å². The molecule has 4 rings (SSSR count). The molecule has 0 saturated heterocycles. The standard InChI is InChI=1S/C26H34N6O2/c1-2-3-14-27-26-29-18-23(24(31-26)30-20-8-12-22(33)13-9-20)25(34)28-17-19-6-10-21(11-7-19)32-15-4-5-16-32/h4-7,10-11,15-16,18,20,22,33H,2-3,8-9,12-14,17H2,1H3,(H,28,34)(H2,27,29,30,31). The highest BCUT2D eigenvalue weighted by Crippen LogP contribution is 2.24. The summed E-state index contributed by atoms with van der Waals surface area (Å²) in [6.07, 6.45) is 10.7. The first-order valence-corrected chi connectivity index (χ1v) is 12.2. The SMILES string of the molecule is CCCCNc1ncc(C(=O)NCc2ccc(-n3cccc3)cc2)c(NC2CCC(O)CC2)n1. The Morgan fingerprint density at radius 2 is 1.85 bits per heavy atom. The molecule has 8 nitrogen and oxygen atoms in total. The zero-order chi connectivity index (χ0) is 23.8. The molecule has 1 fully saturated rings. The number of nitrogens with one attached hydrogen (secondary N) is 3. The maximum absolute atomic E-state index is 13.1. The second kappa shape index (κ2) is 11.7. The van der Waals surface area contributed by atoms with E-state index in [0.717, 1.165) is 56.3 Å². The third-order valence-electron chi connectivity index (χ3n) is 6.18. The molecule has 0 radical (unpaired) electrons. The number of carbonyl (C=O) groups is 1. The molecule has 0 spiro atoms. The molecule has 1 aliphatic carbocycles. The fourth-order valence-electron chi connectivity index (χ4n) is 4.10. The number of aliphatic hydroxyl groups excluding tert-OH is 1. The fourth-order valence-corrected chi connectivity index (χ4v) is 4.10. The summed E-state index contributed by atoms with van der Waals surface area (Å²) in [5.41, 5.74) is 2.51. The summed E-state index contributed by atoms with van der Waals surface area (Å²) in [6.45, 7) is 3.33. The molecular formula is C26H34N6O2.